The lowest BCUT2D eigenvalue weighted by atomic mass is 9.83. The van der Waals surface area contributed by atoms with E-state index in [0.717, 1.165) is 22.1 Å². The van der Waals surface area contributed by atoms with E-state index in [2.05, 4.69) is 32.3 Å². The predicted molar refractivity (Wildman–Crippen MR) is 94.8 cm³/mol. The van der Waals surface area contributed by atoms with Crippen LogP contribution in [0, 0.1) is 5.92 Å². The van der Waals surface area contributed by atoms with Crippen molar-refractivity contribution < 1.29 is 9.90 Å². The average molecular weight is 388 g/mol. The van der Waals surface area contributed by atoms with Crippen molar-refractivity contribution in [1.29, 1.82) is 0 Å². The van der Waals surface area contributed by atoms with Gasteiger partial charge in [-0.2, -0.15) is 0 Å². The molecule has 3 atom stereocenters. The summed E-state index contributed by atoms with van der Waals surface area (Å²) < 4.78 is 0.993. The maximum atomic E-state index is 13.0. The molecule has 2 aromatic rings. The Bertz CT molecular complexity index is 768. The van der Waals surface area contributed by atoms with E-state index in [1.165, 1.54) is 0 Å². The minimum Gasteiger partial charge on any atom is -0.394 e. The lowest BCUT2D eigenvalue weighted by Gasteiger charge is -2.39. The van der Waals surface area contributed by atoms with Crippen molar-refractivity contribution in [2.45, 2.75) is 18.5 Å². The Kier molecular flexibility index (Phi) is 4.02. The molecular formula is C18H18BrN3O2. The summed E-state index contributed by atoms with van der Waals surface area (Å²) in [6, 6.07) is 9.52. The first-order valence-electron chi connectivity index (χ1n) is 8.07. The van der Waals surface area contributed by atoms with Crippen LogP contribution in [0.2, 0.25) is 0 Å². The van der Waals surface area contributed by atoms with E-state index in [4.69, 9.17) is 0 Å². The number of carbonyl (C=O) groups excluding carboxylic acids is 1. The number of hydrogen-bond acceptors (Lipinski definition) is 4. The molecule has 1 saturated heterocycles. The molecule has 0 bridgehead atoms. The molecular weight excluding hydrogens is 370 g/mol. The largest absolute Gasteiger partial charge is 0.394 e. The Morgan fingerprint density at radius 1 is 1.33 bits per heavy atom. The smallest absolute Gasteiger partial charge is 0.254 e. The fourth-order valence-electron chi connectivity index (χ4n) is 3.92. The first-order chi connectivity index (χ1) is 11.7. The van der Waals surface area contributed by atoms with Crippen LogP contribution in [0.1, 0.15) is 28.4 Å². The summed E-state index contributed by atoms with van der Waals surface area (Å²) in [4.78, 5) is 18.9. The standard InChI is InChI=1S/C18H18BrN3O2/c19-12-1-2-15-14(9-12)17-13(16(10-23)21-15)5-8-22(17)18(24)11-3-6-20-7-4-11/h1-4,6-7,9,13,16-17,21,23H,5,8,10H2/t13-,16+,17-/m1/s1. The van der Waals surface area contributed by atoms with Crippen molar-refractivity contribution in [2.24, 2.45) is 5.92 Å². The minimum atomic E-state index is -0.0288. The number of amides is 1. The molecule has 0 spiro atoms. The molecule has 2 aliphatic rings. The maximum absolute atomic E-state index is 13.0. The third-order valence-electron chi connectivity index (χ3n) is 5.02. The maximum Gasteiger partial charge on any atom is 0.254 e. The van der Waals surface area contributed by atoms with Gasteiger partial charge >= 0.3 is 0 Å². The number of carbonyl (C=O) groups is 1. The van der Waals surface area contributed by atoms with Gasteiger partial charge in [0.1, 0.15) is 0 Å². The Balaban J connectivity index is 1.75. The zero-order chi connectivity index (χ0) is 16.7. The Morgan fingerprint density at radius 2 is 2.12 bits per heavy atom. The van der Waals surface area contributed by atoms with Gasteiger partial charge in [0, 0.05) is 40.6 Å². The van der Waals surface area contributed by atoms with Gasteiger partial charge in [-0.25, -0.2) is 0 Å². The summed E-state index contributed by atoms with van der Waals surface area (Å²) in [5.74, 6) is 0.233. The van der Waals surface area contributed by atoms with Gasteiger partial charge in [-0.1, -0.05) is 15.9 Å². The van der Waals surface area contributed by atoms with E-state index in [0.29, 0.717) is 12.1 Å². The summed E-state index contributed by atoms with van der Waals surface area (Å²) in [6.45, 7) is 0.759. The Labute approximate surface area is 148 Å². The monoisotopic (exact) mass is 387 g/mol. The summed E-state index contributed by atoms with van der Waals surface area (Å²) in [6.07, 6.45) is 4.17. The molecule has 6 heteroatoms. The molecule has 2 aliphatic heterocycles. The van der Waals surface area contributed by atoms with Crippen LogP contribution in [-0.2, 0) is 0 Å². The van der Waals surface area contributed by atoms with Crippen LogP contribution in [0.4, 0.5) is 5.69 Å². The van der Waals surface area contributed by atoms with Crippen molar-refractivity contribution >= 4 is 27.5 Å². The highest BCUT2D eigenvalue weighted by Crippen LogP contribution is 2.47. The highest BCUT2D eigenvalue weighted by molar-refractivity contribution is 9.10. The first-order valence-corrected chi connectivity index (χ1v) is 8.86. The number of likely N-dealkylation sites (tertiary alicyclic amines) is 1. The summed E-state index contributed by atoms with van der Waals surface area (Å²) >= 11 is 3.53. The quantitative estimate of drug-likeness (QED) is 0.831. The fourth-order valence-corrected chi connectivity index (χ4v) is 4.30. The second kappa shape index (κ2) is 6.18. The summed E-state index contributed by atoms with van der Waals surface area (Å²) in [5.41, 5.74) is 2.76. The molecule has 5 nitrogen and oxygen atoms in total. The van der Waals surface area contributed by atoms with E-state index in [9.17, 15) is 9.90 Å². The first kappa shape index (κ1) is 15.6. The second-order valence-electron chi connectivity index (χ2n) is 6.30. The minimum absolute atomic E-state index is 0.0171. The lowest BCUT2D eigenvalue weighted by Crippen LogP contribution is -2.42. The van der Waals surface area contributed by atoms with E-state index in [1.54, 1.807) is 24.5 Å². The zero-order valence-electron chi connectivity index (χ0n) is 13.0. The molecule has 1 aromatic carbocycles. The third kappa shape index (κ3) is 2.50. The van der Waals surface area contributed by atoms with Gasteiger partial charge in [0.2, 0.25) is 0 Å². The molecule has 24 heavy (non-hydrogen) atoms. The topological polar surface area (TPSA) is 65.5 Å². The van der Waals surface area contributed by atoms with Gasteiger partial charge < -0.3 is 15.3 Å². The lowest BCUT2D eigenvalue weighted by molar-refractivity contribution is 0.0701. The number of anilines is 1. The second-order valence-corrected chi connectivity index (χ2v) is 7.21. The number of rotatable bonds is 2. The molecule has 124 valence electrons. The van der Waals surface area contributed by atoms with Crippen LogP contribution in [0.3, 0.4) is 0 Å². The molecule has 2 N–H and O–H groups in total. The third-order valence-corrected chi connectivity index (χ3v) is 5.51. The van der Waals surface area contributed by atoms with E-state index >= 15 is 0 Å². The Morgan fingerprint density at radius 3 is 2.88 bits per heavy atom. The molecule has 1 fully saturated rings. The molecule has 4 rings (SSSR count). The Hall–Kier alpha value is -1.92. The number of pyridine rings is 1. The van der Waals surface area contributed by atoms with Gasteiger partial charge in [0.05, 0.1) is 18.7 Å². The SMILES string of the molecule is O=C(c1ccncc1)N1CC[C@@H]2[C@H](CO)Nc3ccc(Br)cc3[C@@H]21. The molecule has 1 amide bonds. The average Bonchev–Trinajstić information content (AvgIpc) is 3.06. The molecule has 3 heterocycles. The van der Waals surface area contributed by atoms with Crippen molar-refractivity contribution in [1.82, 2.24) is 9.88 Å². The van der Waals surface area contributed by atoms with E-state index < -0.39 is 0 Å². The van der Waals surface area contributed by atoms with Gasteiger partial charge in [-0.15, -0.1) is 0 Å². The number of halogens is 1. The number of aliphatic hydroxyl groups is 1. The van der Waals surface area contributed by atoms with Crippen LogP contribution in [-0.4, -0.2) is 40.1 Å². The van der Waals surface area contributed by atoms with Crippen LogP contribution < -0.4 is 5.32 Å². The van der Waals surface area contributed by atoms with Crippen LogP contribution in [0.5, 0.6) is 0 Å². The number of fused-ring (bicyclic) bond motifs is 3. The summed E-state index contributed by atoms with van der Waals surface area (Å²) in [5, 5.41) is 13.2. The van der Waals surface area contributed by atoms with Crippen molar-refractivity contribution in [3.63, 3.8) is 0 Å². The summed E-state index contributed by atoms with van der Waals surface area (Å²) in [7, 11) is 0. The highest BCUT2D eigenvalue weighted by Gasteiger charge is 2.45. The molecule has 0 aliphatic carbocycles. The number of aromatic nitrogens is 1. The number of nitrogens with zero attached hydrogens (tertiary/aromatic N) is 2. The fraction of sp³-hybridized carbons (Fsp3) is 0.333. The van der Waals surface area contributed by atoms with Crippen LogP contribution in [0.25, 0.3) is 0 Å². The molecule has 0 unspecified atom stereocenters. The molecule has 0 saturated carbocycles. The number of hydrogen-bond donors (Lipinski definition) is 2. The number of aliphatic hydroxyl groups excluding tert-OH is 1. The molecule has 0 radical (unpaired) electrons. The van der Waals surface area contributed by atoms with Crippen LogP contribution in [0.15, 0.2) is 47.2 Å². The van der Waals surface area contributed by atoms with Gasteiger partial charge in [-0.05, 0) is 42.3 Å². The number of benzene rings is 1. The van der Waals surface area contributed by atoms with E-state index in [1.807, 2.05) is 17.0 Å². The van der Waals surface area contributed by atoms with Gasteiger partial charge in [-0.3, -0.25) is 9.78 Å². The molecule has 1 aromatic heterocycles. The zero-order valence-corrected chi connectivity index (χ0v) is 14.6. The number of nitrogens with one attached hydrogen (secondary N) is 1. The normalized spacial score (nSPS) is 24.9. The van der Waals surface area contributed by atoms with Crippen molar-refractivity contribution in [2.75, 3.05) is 18.5 Å². The van der Waals surface area contributed by atoms with Crippen LogP contribution >= 0.6 is 15.9 Å². The van der Waals surface area contributed by atoms with E-state index in [-0.39, 0.29) is 30.5 Å². The highest BCUT2D eigenvalue weighted by atomic mass is 79.9. The van der Waals surface area contributed by atoms with Crippen molar-refractivity contribution in [3.8, 4) is 0 Å². The van der Waals surface area contributed by atoms with Gasteiger partial charge in [0.25, 0.3) is 5.91 Å². The van der Waals surface area contributed by atoms with Crippen molar-refractivity contribution in [3.05, 3.63) is 58.3 Å². The van der Waals surface area contributed by atoms with Gasteiger partial charge in [0.15, 0.2) is 0 Å². The predicted octanol–water partition coefficient (Wildman–Crippen LogP) is 2.83.